The summed E-state index contributed by atoms with van der Waals surface area (Å²) in [6.45, 7) is 3.34. The summed E-state index contributed by atoms with van der Waals surface area (Å²) >= 11 is 0. The van der Waals surface area contributed by atoms with Crippen molar-refractivity contribution in [3.63, 3.8) is 0 Å². The second kappa shape index (κ2) is 17.7. The maximum Gasteiger partial charge on any atom is 0.490 e. The Balaban J connectivity index is 0.000000753. The molecule has 1 unspecified atom stereocenters. The second-order valence-electron chi connectivity index (χ2n) is 10.1. The molecule has 2 heterocycles. The van der Waals surface area contributed by atoms with Crippen LogP contribution in [0, 0.1) is 11.8 Å². The van der Waals surface area contributed by atoms with Gasteiger partial charge in [0.1, 0.15) is 0 Å². The fraction of sp³-hybridized carbons (Fsp3) is 0.640. The monoisotopic (exact) mass is 672 g/mol. The van der Waals surface area contributed by atoms with E-state index in [1.807, 2.05) is 37.5 Å². The molecule has 1 aromatic rings. The molecule has 0 spiro atoms. The van der Waals surface area contributed by atoms with E-state index in [4.69, 9.17) is 29.7 Å². The van der Waals surface area contributed by atoms with E-state index in [0.717, 1.165) is 19.6 Å². The van der Waals surface area contributed by atoms with Crippen molar-refractivity contribution in [2.24, 2.45) is 11.8 Å². The third kappa shape index (κ3) is 16.3. The zero-order chi connectivity index (χ0) is 35.3. The van der Waals surface area contributed by atoms with Gasteiger partial charge < -0.3 is 25.1 Å². The molecule has 1 aliphatic heterocycles. The van der Waals surface area contributed by atoms with E-state index in [1.54, 1.807) is 0 Å². The highest BCUT2D eigenvalue weighted by Crippen LogP contribution is 2.38. The highest BCUT2D eigenvalue weighted by Gasteiger charge is 2.43. The Morgan fingerprint density at radius 1 is 0.844 bits per heavy atom. The van der Waals surface area contributed by atoms with Crippen molar-refractivity contribution >= 4 is 23.8 Å². The molecular weight excluding hydrogens is 639 g/mol. The summed E-state index contributed by atoms with van der Waals surface area (Å²) in [5.41, 5.74) is 1.26. The number of hydrogen-bond donors (Lipinski definition) is 3. The zero-order valence-electron chi connectivity index (χ0n) is 24.2. The average Bonchev–Trinajstić information content (AvgIpc) is 3.33. The van der Waals surface area contributed by atoms with Crippen LogP contribution in [0.3, 0.4) is 0 Å². The molecule has 0 aromatic carbocycles. The number of rotatable bonds is 5. The Kier molecular flexibility index (Phi) is 16.3. The largest absolute Gasteiger partial charge is 0.490 e. The van der Waals surface area contributed by atoms with Gasteiger partial charge in [0.2, 0.25) is 5.91 Å². The van der Waals surface area contributed by atoms with Crippen molar-refractivity contribution < 1.29 is 74.0 Å². The van der Waals surface area contributed by atoms with Gasteiger partial charge in [0.05, 0.1) is 6.54 Å². The molecule has 20 heteroatoms. The normalized spacial score (nSPS) is 19.6. The molecule has 1 amide bonds. The topological polar surface area (TPSA) is 152 Å². The van der Waals surface area contributed by atoms with Gasteiger partial charge in [-0.15, -0.1) is 0 Å². The van der Waals surface area contributed by atoms with E-state index >= 15 is 0 Å². The summed E-state index contributed by atoms with van der Waals surface area (Å²) in [5.74, 6) is -6.70. The Labute approximate surface area is 251 Å². The number of alkyl halides is 9. The molecule has 258 valence electrons. The number of aliphatic carboxylic acids is 3. The molecule has 1 saturated carbocycles. The SMILES string of the molecule is CN(C)CC(=O)N1C[C@H]2CCCC(N(C)Cc3cccnc3)[C@H]2C1.O=C(O)C(F)(F)F.O=C(O)C(F)(F)F.O=C(O)C(F)(F)F. The third-order valence-electron chi connectivity index (χ3n) is 6.31. The van der Waals surface area contributed by atoms with Crippen LogP contribution in [0.2, 0.25) is 0 Å². The summed E-state index contributed by atoms with van der Waals surface area (Å²) < 4.78 is 95.2. The first-order valence-corrected chi connectivity index (χ1v) is 12.8. The van der Waals surface area contributed by atoms with Crippen LogP contribution in [0.4, 0.5) is 39.5 Å². The Hall–Kier alpha value is -3.68. The van der Waals surface area contributed by atoms with Gasteiger partial charge in [0, 0.05) is 38.1 Å². The number of hydrogen-bond acceptors (Lipinski definition) is 7. The minimum Gasteiger partial charge on any atom is -0.475 e. The molecule has 2 fully saturated rings. The minimum absolute atomic E-state index is 0.281. The van der Waals surface area contributed by atoms with Gasteiger partial charge in [-0.2, -0.15) is 39.5 Å². The van der Waals surface area contributed by atoms with Gasteiger partial charge in [-0.05, 0) is 57.5 Å². The summed E-state index contributed by atoms with van der Waals surface area (Å²) in [4.78, 5) is 49.9. The van der Waals surface area contributed by atoms with Crippen molar-refractivity contribution in [3.8, 4) is 0 Å². The van der Waals surface area contributed by atoms with Crippen LogP contribution in [0.1, 0.15) is 24.8 Å². The van der Waals surface area contributed by atoms with Gasteiger partial charge in [0.15, 0.2) is 0 Å². The first-order valence-electron chi connectivity index (χ1n) is 12.8. The van der Waals surface area contributed by atoms with Crippen LogP contribution in [0.25, 0.3) is 0 Å². The number of carboxylic acids is 3. The number of carbonyl (C=O) groups is 4. The summed E-state index contributed by atoms with van der Waals surface area (Å²) in [6, 6.07) is 4.72. The maximum atomic E-state index is 12.4. The summed E-state index contributed by atoms with van der Waals surface area (Å²) in [6.07, 6.45) is -7.68. The first-order chi connectivity index (χ1) is 20.4. The Bertz CT molecular complexity index is 1040. The number of likely N-dealkylation sites (tertiary alicyclic amines) is 1. The molecule has 11 nitrogen and oxygen atoms in total. The Morgan fingerprint density at radius 2 is 1.31 bits per heavy atom. The van der Waals surface area contributed by atoms with Crippen LogP contribution in [0.15, 0.2) is 24.5 Å². The van der Waals surface area contributed by atoms with Crippen LogP contribution in [-0.2, 0) is 25.7 Å². The summed E-state index contributed by atoms with van der Waals surface area (Å²) in [5, 5.41) is 21.4. The molecule has 2 aliphatic rings. The number of amides is 1. The quantitative estimate of drug-likeness (QED) is 0.396. The van der Waals surface area contributed by atoms with Crippen molar-refractivity contribution in [3.05, 3.63) is 30.1 Å². The standard InChI is InChI=1S/C19H30N4O.3C2HF3O2/c1-21(2)14-19(24)23-12-16-7-4-8-18(17(16)13-23)22(3)11-15-6-5-9-20-10-15;3*3-2(4,5)1(6)7/h5-6,9-10,16-18H,4,7-8,11-14H2,1-3H3;3*(H,6,7)/t16-,17+,18?;;;/m1.../s1. The van der Waals surface area contributed by atoms with E-state index in [9.17, 15) is 44.3 Å². The lowest BCUT2D eigenvalue weighted by Crippen LogP contribution is -2.43. The van der Waals surface area contributed by atoms with E-state index in [1.165, 1.54) is 24.8 Å². The number of carboxylic acid groups (broad SMARTS) is 3. The van der Waals surface area contributed by atoms with Crippen molar-refractivity contribution in [2.75, 3.05) is 40.8 Å². The van der Waals surface area contributed by atoms with Crippen molar-refractivity contribution in [1.29, 1.82) is 0 Å². The molecule has 1 aromatic heterocycles. The predicted molar refractivity (Wildman–Crippen MR) is 137 cm³/mol. The van der Waals surface area contributed by atoms with Crippen molar-refractivity contribution in [2.45, 2.75) is 50.4 Å². The first kappa shape index (κ1) is 41.3. The number of likely N-dealkylation sites (N-methyl/N-ethyl adjacent to an activating group) is 1. The van der Waals surface area contributed by atoms with Gasteiger partial charge in [0.25, 0.3) is 0 Å². The summed E-state index contributed by atoms with van der Waals surface area (Å²) in [7, 11) is 6.15. The molecule has 3 rings (SSSR count). The average molecular weight is 673 g/mol. The number of fused-ring (bicyclic) bond motifs is 1. The lowest BCUT2D eigenvalue weighted by molar-refractivity contribution is -0.193. The molecule has 0 bridgehead atoms. The molecule has 3 atom stereocenters. The molecule has 3 N–H and O–H groups in total. The zero-order valence-corrected chi connectivity index (χ0v) is 24.2. The third-order valence-corrected chi connectivity index (χ3v) is 6.31. The number of carbonyl (C=O) groups excluding carboxylic acids is 1. The lowest BCUT2D eigenvalue weighted by atomic mass is 9.77. The number of halogens is 9. The van der Waals surface area contributed by atoms with Crippen LogP contribution in [0.5, 0.6) is 0 Å². The number of nitrogens with zero attached hydrogens (tertiary/aromatic N) is 4. The van der Waals surface area contributed by atoms with Crippen LogP contribution >= 0.6 is 0 Å². The second-order valence-corrected chi connectivity index (χ2v) is 10.1. The molecule has 1 saturated heterocycles. The fourth-order valence-electron chi connectivity index (χ4n) is 4.46. The highest BCUT2D eigenvalue weighted by atomic mass is 19.4. The number of aromatic nitrogens is 1. The molecular formula is C25H33F9N4O7. The lowest BCUT2D eigenvalue weighted by Gasteiger charge is -2.39. The smallest absolute Gasteiger partial charge is 0.475 e. The van der Waals surface area contributed by atoms with E-state index in [0.29, 0.717) is 24.4 Å². The van der Waals surface area contributed by atoms with E-state index < -0.39 is 36.4 Å². The van der Waals surface area contributed by atoms with Gasteiger partial charge in [-0.1, -0.05) is 12.5 Å². The van der Waals surface area contributed by atoms with Crippen LogP contribution in [-0.4, -0.2) is 124 Å². The molecule has 1 aliphatic carbocycles. The van der Waals surface area contributed by atoms with Gasteiger partial charge >= 0.3 is 36.4 Å². The number of pyridine rings is 1. The van der Waals surface area contributed by atoms with E-state index in [2.05, 4.69) is 27.9 Å². The van der Waals surface area contributed by atoms with E-state index in [-0.39, 0.29) is 5.91 Å². The predicted octanol–water partition coefficient (Wildman–Crippen LogP) is 3.60. The molecule has 0 radical (unpaired) electrons. The minimum atomic E-state index is -5.08. The maximum absolute atomic E-state index is 12.4. The highest BCUT2D eigenvalue weighted by molar-refractivity contribution is 5.78. The van der Waals surface area contributed by atoms with Crippen molar-refractivity contribution in [1.82, 2.24) is 19.7 Å². The van der Waals surface area contributed by atoms with Crippen LogP contribution < -0.4 is 0 Å². The fourth-order valence-corrected chi connectivity index (χ4v) is 4.46. The Morgan fingerprint density at radius 3 is 1.69 bits per heavy atom. The molecule has 45 heavy (non-hydrogen) atoms. The van der Waals surface area contributed by atoms with Gasteiger partial charge in [-0.25, -0.2) is 14.4 Å². The van der Waals surface area contributed by atoms with Gasteiger partial charge in [-0.3, -0.25) is 14.7 Å².